The molecule has 1 aromatic carbocycles. The Morgan fingerprint density at radius 1 is 1.47 bits per heavy atom. The van der Waals surface area contributed by atoms with Crippen LogP contribution in [-0.2, 0) is 0 Å². The summed E-state index contributed by atoms with van der Waals surface area (Å²) >= 11 is 1.84. The van der Waals surface area contributed by atoms with Crippen LogP contribution >= 0.6 is 11.8 Å². The lowest BCUT2D eigenvalue weighted by Gasteiger charge is -2.17. The zero-order valence-corrected chi connectivity index (χ0v) is 11.0. The van der Waals surface area contributed by atoms with E-state index in [1.807, 2.05) is 36.9 Å². The fourth-order valence-electron chi connectivity index (χ4n) is 1.92. The van der Waals surface area contributed by atoms with Crippen LogP contribution in [0.5, 0.6) is 5.75 Å². The number of thioether (sulfide) groups is 1. The second kappa shape index (κ2) is 6.01. The van der Waals surface area contributed by atoms with E-state index >= 15 is 0 Å². The van der Waals surface area contributed by atoms with Crippen LogP contribution in [0.4, 0.5) is 5.69 Å². The number of benzene rings is 1. The van der Waals surface area contributed by atoms with Crippen molar-refractivity contribution in [3.63, 3.8) is 0 Å². The van der Waals surface area contributed by atoms with E-state index in [0.29, 0.717) is 11.9 Å². The van der Waals surface area contributed by atoms with Gasteiger partial charge in [-0.2, -0.15) is 0 Å². The molecule has 1 unspecified atom stereocenters. The van der Waals surface area contributed by atoms with Crippen molar-refractivity contribution in [3.05, 3.63) is 30.4 Å². The summed E-state index contributed by atoms with van der Waals surface area (Å²) in [7, 11) is 0. The average molecular weight is 249 g/mol. The van der Waals surface area contributed by atoms with Gasteiger partial charge in [-0.25, -0.2) is 0 Å². The van der Waals surface area contributed by atoms with Gasteiger partial charge in [0.15, 0.2) is 0 Å². The highest BCUT2D eigenvalue weighted by Gasteiger charge is 2.12. The predicted molar refractivity (Wildman–Crippen MR) is 74.7 cm³/mol. The first-order valence-electron chi connectivity index (χ1n) is 6.15. The van der Waals surface area contributed by atoms with Gasteiger partial charge in [-0.1, -0.05) is 12.2 Å². The number of nitrogens with two attached hydrogens (primary N) is 1. The van der Waals surface area contributed by atoms with Crippen LogP contribution in [0.25, 0.3) is 0 Å². The van der Waals surface area contributed by atoms with Crippen molar-refractivity contribution in [1.82, 2.24) is 0 Å². The SMILES string of the molecule is CCOc1ccc(N)c(SC2C=CCCC2)c1. The highest BCUT2D eigenvalue weighted by atomic mass is 32.2. The van der Waals surface area contributed by atoms with E-state index in [-0.39, 0.29) is 0 Å². The predicted octanol–water partition coefficient (Wildman–Crippen LogP) is 3.87. The van der Waals surface area contributed by atoms with Crippen molar-refractivity contribution in [2.24, 2.45) is 0 Å². The van der Waals surface area contributed by atoms with E-state index < -0.39 is 0 Å². The molecule has 0 aromatic heterocycles. The first-order valence-corrected chi connectivity index (χ1v) is 7.03. The van der Waals surface area contributed by atoms with Crippen LogP contribution in [0, 0.1) is 0 Å². The zero-order chi connectivity index (χ0) is 12.1. The maximum Gasteiger partial charge on any atom is 0.120 e. The molecule has 0 fully saturated rings. The highest BCUT2D eigenvalue weighted by molar-refractivity contribution is 8.00. The Bertz CT molecular complexity index is 403. The van der Waals surface area contributed by atoms with Gasteiger partial charge < -0.3 is 10.5 Å². The molecule has 0 heterocycles. The van der Waals surface area contributed by atoms with Gasteiger partial charge in [0.25, 0.3) is 0 Å². The zero-order valence-electron chi connectivity index (χ0n) is 10.2. The van der Waals surface area contributed by atoms with E-state index in [4.69, 9.17) is 10.5 Å². The molecule has 2 nitrogen and oxygen atoms in total. The molecule has 0 aliphatic heterocycles. The van der Waals surface area contributed by atoms with Crippen LogP contribution in [0.2, 0.25) is 0 Å². The molecule has 0 radical (unpaired) electrons. The molecule has 0 amide bonds. The minimum atomic E-state index is 0.558. The number of anilines is 1. The minimum absolute atomic E-state index is 0.558. The first kappa shape index (κ1) is 12.4. The van der Waals surface area contributed by atoms with Gasteiger partial charge in [0.05, 0.1) is 6.61 Å². The first-order chi connectivity index (χ1) is 8.29. The Morgan fingerprint density at radius 2 is 2.35 bits per heavy atom. The van der Waals surface area contributed by atoms with Crippen molar-refractivity contribution in [2.45, 2.75) is 36.3 Å². The maximum atomic E-state index is 6.00. The Hall–Kier alpha value is -1.09. The molecule has 3 heteroatoms. The summed E-state index contributed by atoms with van der Waals surface area (Å²) in [4.78, 5) is 1.13. The lowest BCUT2D eigenvalue weighted by Crippen LogP contribution is -2.03. The summed E-state index contributed by atoms with van der Waals surface area (Å²) in [5.74, 6) is 0.906. The van der Waals surface area contributed by atoms with Crippen LogP contribution in [-0.4, -0.2) is 11.9 Å². The van der Waals surface area contributed by atoms with Gasteiger partial charge in [-0.15, -0.1) is 11.8 Å². The maximum absolute atomic E-state index is 6.00. The van der Waals surface area contributed by atoms with Crippen molar-refractivity contribution >= 4 is 17.4 Å². The molecule has 1 aliphatic carbocycles. The quantitative estimate of drug-likeness (QED) is 0.650. The third-order valence-electron chi connectivity index (χ3n) is 2.78. The number of rotatable bonds is 4. The Balaban J connectivity index is 2.10. The van der Waals surface area contributed by atoms with E-state index in [2.05, 4.69) is 12.2 Å². The highest BCUT2D eigenvalue weighted by Crippen LogP contribution is 2.35. The molecule has 0 saturated carbocycles. The van der Waals surface area contributed by atoms with E-state index in [1.54, 1.807) is 0 Å². The van der Waals surface area contributed by atoms with Crippen molar-refractivity contribution in [2.75, 3.05) is 12.3 Å². The van der Waals surface area contributed by atoms with Gasteiger partial charge in [0.2, 0.25) is 0 Å². The number of allylic oxidation sites excluding steroid dienone is 1. The summed E-state index contributed by atoms with van der Waals surface area (Å²) in [6.07, 6.45) is 8.29. The smallest absolute Gasteiger partial charge is 0.120 e. The number of nitrogen functional groups attached to an aromatic ring is 1. The molecule has 1 atom stereocenters. The Kier molecular flexibility index (Phi) is 4.37. The molecule has 1 aliphatic rings. The third kappa shape index (κ3) is 3.43. The minimum Gasteiger partial charge on any atom is -0.494 e. The second-order valence-corrected chi connectivity index (χ2v) is 5.43. The molecule has 17 heavy (non-hydrogen) atoms. The standard InChI is InChI=1S/C14H19NOS/c1-2-16-11-8-9-13(15)14(10-11)17-12-6-4-3-5-7-12/h4,6,8-10,12H,2-3,5,7,15H2,1H3. The van der Waals surface area contributed by atoms with Crippen molar-refractivity contribution in [1.29, 1.82) is 0 Å². The molecule has 92 valence electrons. The van der Waals surface area contributed by atoms with Crippen LogP contribution in [0.3, 0.4) is 0 Å². The van der Waals surface area contributed by atoms with Gasteiger partial charge in [0.1, 0.15) is 5.75 Å². The van der Waals surface area contributed by atoms with Crippen molar-refractivity contribution in [3.8, 4) is 5.75 Å². The summed E-state index contributed by atoms with van der Waals surface area (Å²) in [5, 5.41) is 0.558. The monoisotopic (exact) mass is 249 g/mol. The molecule has 2 rings (SSSR count). The molecular formula is C14H19NOS. The topological polar surface area (TPSA) is 35.2 Å². The van der Waals surface area contributed by atoms with Gasteiger partial charge in [-0.05, 0) is 44.4 Å². The number of hydrogen-bond donors (Lipinski definition) is 1. The van der Waals surface area contributed by atoms with E-state index in [0.717, 1.165) is 16.3 Å². The number of ether oxygens (including phenoxy) is 1. The average Bonchev–Trinajstić information content (AvgIpc) is 2.35. The van der Waals surface area contributed by atoms with Crippen molar-refractivity contribution < 1.29 is 4.74 Å². The van der Waals surface area contributed by atoms with Gasteiger partial charge in [-0.3, -0.25) is 0 Å². The third-order valence-corrected chi connectivity index (χ3v) is 4.09. The Labute approximate surface area is 107 Å². The van der Waals surface area contributed by atoms with Crippen LogP contribution in [0.15, 0.2) is 35.2 Å². The molecule has 0 spiro atoms. The van der Waals surface area contributed by atoms with Gasteiger partial charge >= 0.3 is 0 Å². The lowest BCUT2D eigenvalue weighted by atomic mass is 10.1. The summed E-state index contributed by atoms with van der Waals surface area (Å²) in [5.41, 5.74) is 6.85. The van der Waals surface area contributed by atoms with Crippen LogP contribution in [0.1, 0.15) is 26.2 Å². The molecular weight excluding hydrogens is 230 g/mol. The fourth-order valence-corrected chi connectivity index (χ4v) is 3.10. The largest absolute Gasteiger partial charge is 0.494 e. The van der Waals surface area contributed by atoms with Gasteiger partial charge in [0, 0.05) is 15.8 Å². The molecule has 0 bridgehead atoms. The molecule has 2 N–H and O–H groups in total. The summed E-state index contributed by atoms with van der Waals surface area (Å²) < 4.78 is 5.50. The fraction of sp³-hybridized carbons (Fsp3) is 0.429. The number of hydrogen-bond acceptors (Lipinski definition) is 3. The molecule has 1 aromatic rings. The molecule has 0 saturated heterocycles. The second-order valence-electron chi connectivity index (χ2n) is 4.15. The summed E-state index contributed by atoms with van der Waals surface area (Å²) in [6, 6.07) is 5.91. The van der Waals surface area contributed by atoms with E-state index in [1.165, 1.54) is 19.3 Å². The lowest BCUT2D eigenvalue weighted by molar-refractivity contribution is 0.339. The van der Waals surface area contributed by atoms with Crippen LogP contribution < -0.4 is 10.5 Å². The van der Waals surface area contributed by atoms with E-state index in [9.17, 15) is 0 Å². The normalized spacial score (nSPS) is 19.2. The summed E-state index contributed by atoms with van der Waals surface area (Å²) in [6.45, 7) is 2.68. The Morgan fingerprint density at radius 3 is 3.06 bits per heavy atom.